The van der Waals surface area contributed by atoms with Gasteiger partial charge in [-0.3, -0.25) is 9.78 Å². The Kier molecular flexibility index (Phi) is 2.89. The average molecular weight is 338 g/mol. The van der Waals surface area contributed by atoms with Crippen molar-refractivity contribution in [2.45, 2.75) is 19.8 Å². The molecule has 1 saturated carbocycles. The lowest BCUT2D eigenvalue weighted by molar-refractivity contribution is -0.139. The first kappa shape index (κ1) is 13.2. The van der Waals surface area contributed by atoms with E-state index < -0.39 is 11.9 Å². The van der Waals surface area contributed by atoms with E-state index in [-0.39, 0.29) is 11.3 Å². The second-order valence-corrected chi connectivity index (χ2v) is 6.26. The molecule has 0 saturated heterocycles. The molecule has 0 spiro atoms. The van der Waals surface area contributed by atoms with E-state index in [2.05, 4.69) is 31.1 Å². The number of aliphatic carboxylic acids is 1. The van der Waals surface area contributed by atoms with Crippen molar-refractivity contribution >= 4 is 21.9 Å². The summed E-state index contributed by atoms with van der Waals surface area (Å²) in [6.07, 6.45) is 1.64. The number of carboxylic acids is 1. The Morgan fingerprint density at radius 1 is 1.50 bits per heavy atom. The minimum absolute atomic E-state index is 0.247. The van der Waals surface area contributed by atoms with Gasteiger partial charge in [0.15, 0.2) is 0 Å². The molecule has 6 nitrogen and oxygen atoms in total. The van der Waals surface area contributed by atoms with Crippen LogP contribution in [0.15, 0.2) is 27.3 Å². The van der Waals surface area contributed by atoms with Crippen molar-refractivity contribution in [2.75, 3.05) is 0 Å². The molecule has 2 aromatic heterocycles. The molecule has 0 amide bonds. The average Bonchev–Trinajstić information content (AvgIpc) is 2.74. The first-order valence-corrected chi connectivity index (χ1v) is 6.89. The maximum Gasteiger partial charge on any atom is 0.307 e. The number of aromatic nitrogens is 3. The zero-order chi connectivity index (χ0) is 14.5. The van der Waals surface area contributed by atoms with Gasteiger partial charge >= 0.3 is 5.97 Å². The molecule has 0 radical (unpaired) electrons. The van der Waals surface area contributed by atoms with Gasteiger partial charge in [-0.2, -0.15) is 4.98 Å². The molecule has 0 aromatic carbocycles. The third-order valence-corrected chi connectivity index (χ3v) is 4.41. The minimum atomic E-state index is -0.834. The standard InChI is InChI=1S/C13H12BrN3O3/c1-13(2)7(8(13)12(18)19)11-16-10(17-20-11)9-6(14)4-3-5-15-9/h3-5,7-8H,1-2H3,(H,18,19). The van der Waals surface area contributed by atoms with Crippen molar-refractivity contribution in [1.82, 2.24) is 15.1 Å². The van der Waals surface area contributed by atoms with E-state index in [0.717, 1.165) is 4.47 Å². The Morgan fingerprint density at radius 3 is 2.85 bits per heavy atom. The lowest BCUT2D eigenvalue weighted by atomic mass is 10.1. The fourth-order valence-corrected chi connectivity index (χ4v) is 3.00. The first-order chi connectivity index (χ1) is 9.43. The van der Waals surface area contributed by atoms with E-state index >= 15 is 0 Å². The Balaban J connectivity index is 1.93. The molecule has 1 fully saturated rings. The van der Waals surface area contributed by atoms with Gasteiger partial charge in [0.1, 0.15) is 5.69 Å². The van der Waals surface area contributed by atoms with E-state index in [4.69, 9.17) is 4.52 Å². The molecule has 2 heterocycles. The normalized spacial score (nSPS) is 23.6. The highest BCUT2D eigenvalue weighted by Gasteiger charge is 2.65. The topological polar surface area (TPSA) is 89.1 Å². The Hall–Kier alpha value is -1.76. The van der Waals surface area contributed by atoms with Crippen LogP contribution in [0.25, 0.3) is 11.5 Å². The summed E-state index contributed by atoms with van der Waals surface area (Å²) in [4.78, 5) is 19.7. The maximum absolute atomic E-state index is 11.2. The lowest BCUT2D eigenvalue weighted by Crippen LogP contribution is -2.03. The smallest absolute Gasteiger partial charge is 0.307 e. The first-order valence-electron chi connectivity index (χ1n) is 6.10. The molecule has 3 rings (SSSR count). The van der Waals surface area contributed by atoms with Crippen LogP contribution in [0.2, 0.25) is 0 Å². The van der Waals surface area contributed by atoms with Crippen molar-refractivity contribution in [3.8, 4) is 11.5 Å². The summed E-state index contributed by atoms with van der Waals surface area (Å²) in [6, 6.07) is 3.62. The predicted molar refractivity (Wildman–Crippen MR) is 72.9 cm³/mol. The fraction of sp³-hybridized carbons (Fsp3) is 0.385. The van der Waals surface area contributed by atoms with Gasteiger partial charge < -0.3 is 9.63 Å². The highest BCUT2D eigenvalue weighted by atomic mass is 79.9. The van der Waals surface area contributed by atoms with Gasteiger partial charge in [-0.15, -0.1) is 0 Å². The number of carbonyl (C=O) groups is 1. The number of halogens is 1. The summed E-state index contributed by atoms with van der Waals surface area (Å²) in [6.45, 7) is 3.77. The van der Waals surface area contributed by atoms with Gasteiger partial charge in [-0.05, 0) is 33.5 Å². The largest absolute Gasteiger partial charge is 0.481 e. The van der Waals surface area contributed by atoms with E-state index in [9.17, 15) is 9.90 Å². The summed E-state index contributed by atoms with van der Waals surface area (Å²) in [5, 5.41) is 13.1. The summed E-state index contributed by atoms with van der Waals surface area (Å²) in [5.74, 6) is -0.847. The second-order valence-electron chi connectivity index (χ2n) is 5.41. The molecule has 0 aliphatic heterocycles. The Labute approximate surface area is 123 Å². The van der Waals surface area contributed by atoms with Gasteiger partial charge in [0, 0.05) is 10.7 Å². The summed E-state index contributed by atoms with van der Waals surface area (Å²) in [7, 11) is 0. The molecule has 1 aliphatic rings. The third kappa shape index (κ3) is 1.93. The Bertz CT molecular complexity index is 683. The van der Waals surface area contributed by atoms with Gasteiger partial charge in [-0.25, -0.2) is 0 Å². The van der Waals surface area contributed by atoms with E-state index in [0.29, 0.717) is 17.4 Å². The number of hydrogen-bond donors (Lipinski definition) is 1. The van der Waals surface area contributed by atoms with Gasteiger partial charge in [0.2, 0.25) is 11.7 Å². The van der Waals surface area contributed by atoms with Crippen LogP contribution in [0, 0.1) is 11.3 Å². The zero-order valence-electron chi connectivity index (χ0n) is 10.9. The van der Waals surface area contributed by atoms with Crippen molar-refractivity contribution in [1.29, 1.82) is 0 Å². The minimum Gasteiger partial charge on any atom is -0.481 e. The number of carboxylic acid groups (broad SMARTS) is 1. The molecule has 2 unspecified atom stereocenters. The number of hydrogen-bond acceptors (Lipinski definition) is 5. The van der Waals surface area contributed by atoms with E-state index in [1.54, 1.807) is 12.3 Å². The van der Waals surface area contributed by atoms with Crippen molar-refractivity contribution in [3.05, 3.63) is 28.7 Å². The zero-order valence-corrected chi connectivity index (χ0v) is 12.5. The molecule has 2 atom stereocenters. The molecular formula is C13H12BrN3O3. The summed E-state index contributed by atoms with van der Waals surface area (Å²) >= 11 is 3.37. The highest BCUT2D eigenvalue weighted by Crippen LogP contribution is 2.64. The van der Waals surface area contributed by atoms with Crippen molar-refractivity contribution in [2.24, 2.45) is 11.3 Å². The van der Waals surface area contributed by atoms with Crippen LogP contribution in [0.5, 0.6) is 0 Å². The van der Waals surface area contributed by atoms with Crippen LogP contribution in [0.4, 0.5) is 0 Å². The van der Waals surface area contributed by atoms with Gasteiger partial charge in [0.25, 0.3) is 0 Å². The maximum atomic E-state index is 11.2. The van der Waals surface area contributed by atoms with Crippen LogP contribution in [-0.4, -0.2) is 26.2 Å². The monoisotopic (exact) mass is 337 g/mol. The van der Waals surface area contributed by atoms with Crippen molar-refractivity contribution in [3.63, 3.8) is 0 Å². The van der Waals surface area contributed by atoms with Crippen molar-refractivity contribution < 1.29 is 14.4 Å². The quantitative estimate of drug-likeness (QED) is 0.926. The predicted octanol–water partition coefficient (Wildman–Crippen LogP) is 2.72. The van der Waals surface area contributed by atoms with Crippen LogP contribution < -0.4 is 0 Å². The molecule has 2 aromatic rings. The van der Waals surface area contributed by atoms with E-state index in [1.165, 1.54) is 0 Å². The van der Waals surface area contributed by atoms with Crippen LogP contribution >= 0.6 is 15.9 Å². The molecule has 7 heteroatoms. The molecule has 0 bridgehead atoms. The number of pyridine rings is 1. The van der Waals surface area contributed by atoms with Gasteiger partial charge in [0.05, 0.1) is 11.8 Å². The van der Waals surface area contributed by atoms with Crippen LogP contribution in [0.1, 0.15) is 25.7 Å². The molecule has 1 N–H and O–H groups in total. The highest BCUT2D eigenvalue weighted by molar-refractivity contribution is 9.10. The number of nitrogens with zero attached hydrogens (tertiary/aromatic N) is 3. The molecule has 20 heavy (non-hydrogen) atoms. The summed E-state index contributed by atoms with van der Waals surface area (Å²) in [5.41, 5.74) is 0.213. The van der Waals surface area contributed by atoms with Gasteiger partial charge in [-0.1, -0.05) is 19.0 Å². The van der Waals surface area contributed by atoms with E-state index in [1.807, 2.05) is 19.9 Å². The molecule has 1 aliphatic carbocycles. The third-order valence-electron chi connectivity index (χ3n) is 3.77. The number of rotatable bonds is 3. The van der Waals surface area contributed by atoms with Crippen LogP contribution in [-0.2, 0) is 4.79 Å². The second kappa shape index (κ2) is 4.37. The Morgan fingerprint density at radius 2 is 2.25 bits per heavy atom. The lowest BCUT2D eigenvalue weighted by Gasteiger charge is -1.96. The fourth-order valence-electron chi connectivity index (χ4n) is 2.57. The van der Waals surface area contributed by atoms with Crippen LogP contribution in [0.3, 0.4) is 0 Å². The SMILES string of the molecule is CC1(C)C(C(=O)O)C1c1nc(-c2ncccc2Br)no1. The summed E-state index contributed by atoms with van der Waals surface area (Å²) < 4.78 is 5.99. The molecule has 104 valence electrons. The molecular weight excluding hydrogens is 326 g/mol.